The number of hydrogen-bond donors (Lipinski definition) is 1. The van der Waals surface area contributed by atoms with Crippen molar-refractivity contribution in [3.8, 4) is 11.1 Å². The van der Waals surface area contributed by atoms with Crippen molar-refractivity contribution >= 4 is 49.6 Å². The number of carbonyl (C=O) groups is 1. The van der Waals surface area contributed by atoms with Crippen LogP contribution < -0.4 is 4.72 Å². The fourth-order valence-corrected chi connectivity index (χ4v) is 5.07. The van der Waals surface area contributed by atoms with Crippen LogP contribution in [0.3, 0.4) is 0 Å². The summed E-state index contributed by atoms with van der Waals surface area (Å²) >= 11 is 6.92. The van der Waals surface area contributed by atoms with Gasteiger partial charge in [-0.1, -0.05) is 29.8 Å². The third kappa shape index (κ3) is 4.61. The van der Waals surface area contributed by atoms with E-state index in [0.717, 1.165) is 17.4 Å². The van der Waals surface area contributed by atoms with Gasteiger partial charge in [0.05, 0.1) is 16.4 Å². The molecule has 2 aromatic carbocycles. The summed E-state index contributed by atoms with van der Waals surface area (Å²) in [4.78, 5) is 22.6. The first kappa shape index (κ1) is 21.8. The molecule has 1 N–H and O–H groups in total. The second-order valence-electron chi connectivity index (χ2n) is 5.94. The molecule has 0 saturated heterocycles. The Kier molecular flexibility index (Phi) is 6.40. The lowest BCUT2D eigenvalue weighted by molar-refractivity contribution is -0.385. The van der Waals surface area contributed by atoms with Crippen LogP contribution in [0.15, 0.2) is 58.8 Å². The number of sulfonamides is 1. The highest BCUT2D eigenvalue weighted by Gasteiger charge is 2.26. The highest BCUT2D eigenvalue weighted by molar-refractivity contribution is 7.93. The van der Waals surface area contributed by atoms with E-state index in [9.17, 15) is 23.3 Å². The van der Waals surface area contributed by atoms with Gasteiger partial charge in [-0.2, -0.15) is 0 Å². The minimum Gasteiger partial charge on any atom is -0.462 e. The van der Waals surface area contributed by atoms with E-state index >= 15 is 0 Å². The Bertz CT molecular complexity index is 1210. The molecule has 11 heteroatoms. The number of nitro groups is 1. The Morgan fingerprint density at radius 3 is 2.57 bits per heavy atom. The van der Waals surface area contributed by atoms with E-state index < -0.39 is 20.9 Å². The molecule has 3 rings (SSSR count). The molecule has 156 valence electrons. The Balaban J connectivity index is 2.05. The van der Waals surface area contributed by atoms with Gasteiger partial charge in [-0.25, -0.2) is 13.2 Å². The number of thiophene rings is 1. The fourth-order valence-electron chi connectivity index (χ4n) is 2.63. The summed E-state index contributed by atoms with van der Waals surface area (Å²) < 4.78 is 33.1. The number of nitrogens with zero attached hydrogens (tertiary/aromatic N) is 1. The van der Waals surface area contributed by atoms with Gasteiger partial charge in [0.2, 0.25) is 0 Å². The minimum atomic E-state index is -4.19. The van der Waals surface area contributed by atoms with E-state index in [-0.39, 0.29) is 27.8 Å². The zero-order chi connectivity index (χ0) is 21.9. The van der Waals surface area contributed by atoms with E-state index in [4.69, 9.17) is 16.3 Å². The van der Waals surface area contributed by atoms with E-state index in [0.29, 0.717) is 16.1 Å². The summed E-state index contributed by atoms with van der Waals surface area (Å²) in [6, 6.07) is 11.3. The molecular weight excluding hydrogens is 452 g/mol. The Labute approximate surface area is 181 Å². The zero-order valence-corrected chi connectivity index (χ0v) is 17.9. The number of rotatable bonds is 7. The van der Waals surface area contributed by atoms with Crippen LogP contribution >= 0.6 is 22.9 Å². The van der Waals surface area contributed by atoms with Crippen LogP contribution in [0, 0.1) is 10.1 Å². The summed E-state index contributed by atoms with van der Waals surface area (Å²) in [5.74, 6) is -0.694. The molecule has 0 fully saturated rings. The Morgan fingerprint density at radius 2 is 1.93 bits per heavy atom. The van der Waals surface area contributed by atoms with Gasteiger partial charge in [0.15, 0.2) is 0 Å². The lowest BCUT2D eigenvalue weighted by Gasteiger charge is -2.10. The molecule has 1 heterocycles. The van der Waals surface area contributed by atoms with Gasteiger partial charge < -0.3 is 4.74 Å². The van der Waals surface area contributed by atoms with Crippen LogP contribution in [-0.2, 0) is 14.8 Å². The highest BCUT2D eigenvalue weighted by atomic mass is 35.5. The molecule has 0 aliphatic heterocycles. The maximum atomic E-state index is 12.8. The molecular formula is C19H15ClN2O6S2. The maximum absolute atomic E-state index is 12.8. The Morgan fingerprint density at radius 1 is 1.23 bits per heavy atom. The molecule has 0 unspecified atom stereocenters. The number of halogens is 1. The van der Waals surface area contributed by atoms with Crippen LogP contribution in [0.1, 0.15) is 17.3 Å². The molecule has 0 amide bonds. The SMILES string of the molecule is CCOC(=O)c1c(-c2ccc(Cl)cc2)csc1NS(=O)(=O)c1cccc([N+](=O)[O-])c1. The van der Waals surface area contributed by atoms with Crippen molar-refractivity contribution < 1.29 is 22.9 Å². The predicted octanol–water partition coefficient (Wildman–Crippen LogP) is 4.95. The van der Waals surface area contributed by atoms with E-state index in [1.165, 1.54) is 18.2 Å². The van der Waals surface area contributed by atoms with E-state index in [2.05, 4.69) is 4.72 Å². The van der Waals surface area contributed by atoms with Crippen molar-refractivity contribution in [1.82, 2.24) is 0 Å². The second kappa shape index (κ2) is 8.82. The number of benzene rings is 2. The summed E-state index contributed by atoms with van der Waals surface area (Å²) in [7, 11) is -4.19. The first-order valence-corrected chi connectivity index (χ1v) is 11.3. The van der Waals surface area contributed by atoms with Gasteiger partial charge in [0.25, 0.3) is 15.7 Å². The molecule has 3 aromatic rings. The number of ether oxygens (including phenoxy) is 1. The smallest absolute Gasteiger partial charge is 0.341 e. The molecule has 0 spiro atoms. The number of nitro benzene ring substituents is 1. The van der Waals surface area contributed by atoms with Crippen LogP contribution in [-0.4, -0.2) is 25.9 Å². The summed E-state index contributed by atoms with van der Waals surface area (Å²) in [5.41, 5.74) is 0.820. The predicted molar refractivity (Wildman–Crippen MR) is 115 cm³/mol. The van der Waals surface area contributed by atoms with E-state index in [1.807, 2.05) is 0 Å². The van der Waals surface area contributed by atoms with Gasteiger partial charge in [0.1, 0.15) is 10.6 Å². The fraction of sp³-hybridized carbons (Fsp3) is 0.105. The van der Waals surface area contributed by atoms with E-state index in [1.54, 1.807) is 36.6 Å². The van der Waals surface area contributed by atoms with Crippen molar-refractivity contribution in [3.63, 3.8) is 0 Å². The van der Waals surface area contributed by atoms with Gasteiger partial charge in [-0.15, -0.1) is 11.3 Å². The molecule has 30 heavy (non-hydrogen) atoms. The molecule has 0 radical (unpaired) electrons. The number of anilines is 1. The quantitative estimate of drug-likeness (QED) is 0.299. The summed E-state index contributed by atoms with van der Waals surface area (Å²) in [6.07, 6.45) is 0. The first-order valence-electron chi connectivity index (χ1n) is 8.54. The van der Waals surface area contributed by atoms with Gasteiger partial charge in [0, 0.05) is 28.1 Å². The summed E-state index contributed by atoms with van der Waals surface area (Å²) in [6.45, 7) is 1.74. The number of carbonyl (C=O) groups excluding carboxylic acids is 1. The van der Waals surface area contributed by atoms with Crippen LogP contribution in [0.4, 0.5) is 10.7 Å². The minimum absolute atomic E-state index is 0.0462. The van der Waals surface area contributed by atoms with Gasteiger partial charge in [-0.05, 0) is 30.7 Å². The van der Waals surface area contributed by atoms with Crippen LogP contribution in [0.5, 0.6) is 0 Å². The van der Waals surface area contributed by atoms with Crippen LogP contribution in [0.25, 0.3) is 11.1 Å². The monoisotopic (exact) mass is 466 g/mol. The Hall–Kier alpha value is -2.95. The maximum Gasteiger partial charge on any atom is 0.341 e. The third-order valence-corrected chi connectivity index (χ3v) is 6.62. The molecule has 0 bridgehead atoms. The molecule has 1 aromatic heterocycles. The summed E-state index contributed by atoms with van der Waals surface area (Å²) in [5, 5.41) is 13.1. The first-order chi connectivity index (χ1) is 14.2. The standard InChI is InChI=1S/C19H15ClN2O6S2/c1-2-28-19(23)17-16(12-6-8-13(20)9-7-12)11-29-18(17)21-30(26,27)15-5-3-4-14(10-15)22(24)25/h3-11,21H,2H2,1H3. The highest BCUT2D eigenvalue weighted by Crippen LogP contribution is 2.38. The number of nitrogens with one attached hydrogen (secondary N) is 1. The van der Waals surface area contributed by atoms with Crippen molar-refractivity contribution in [3.05, 3.63) is 74.6 Å². The van der Waals surface area contributed by atoms with Crippen molar-refractivity contribution in [1.29, 1.82) is 0 Å². The molecule has 8 nitrogen and oxygen atoms in total. The second-order valence-corrected chi connectivity index (χ2v) is 8.94. The van der Waals surface area contributed by atoms with Crippen LogP contribution in [0.2, 0.25) is 5.02 Å². The third-order valence-electron chi connectivity index (χ3n) is 3.99. The van der Waals surface area contributed by atoms with Crippen molar-refractivity contribution in [2.45, 2.75) is 11.8 Å². The number of esters is 1. The topological polar surface area (TPSA) is 116 Å². The number of non-ortho nitro benzene ring substituents is 1. The largest absolute Gasteiger partial charge is 0.462 e. The lowest BCUT2D eigenvalue weighted by Crippen LogP contribution is -2.15. The van der Waals surface area contributed by atoms with Crippen molar-refractivity contribution in [2.24, 2.45) is 0 Å². The molecule has 0 aliphatic carbocycles. The average Bonchev–Trinajstić information content (AvgIpc) is 3.11. The lowest BCUT2D eigenvalue weighted by atomic mass is 10.0. The number of hydrogen-bond acceptors (Lipinski definition) is 7. The average molecular weight is 467 g/mol. The van der Waals surface area contributed by atoms with Gasteiger partial charge in [-0.3, -0.25) is 14.8 Å². The molecule has 0 aliphatic rings. The van der Waals surface area contributed by atoms with Crippen molar-refractivity contribution in [2.75, 3.05) is 11.3 Å². The molecule has 0 saturated carbocycles. The zero-order valence-electron chi connectivity index (χ0n) is 15.5. The normalized spacial score (nSPS) is 11.1. The van der Waals surface area contributed by atoms with Gasteiger partial charge >= 0.3 is 5.97 Å². The molecule has 0 atom stereocenters.